The molecule has 0 aliphatic carbocycles. The summed E-state index contributed by atoms with van der Waals surface area (Å²) in [4.78, 5) is 13.2. The van der Waals surface area contributed by atoms with Gasteiger partial charge in [0.1, 0.15) is 11.6 Å². The highest BCUT2D eigenvalue weighted by molar-refractivity contribution is 7.10. The third-order valence-electron chi connectivity index (χ3n) is 3.63. The van der Waals surface area contributed by atoms with Gasteiger partial charge in [0, 0.05) is 10.6 Å². The molecular formula is C19H16F2N2OS. The molecule has 0 aliphatic heterocycles. The second-order valence-electron chi connectivity index (χ2n) is 5.44. The fourth-order valence-electron chi connectivity index (χ4n) is 2.43. The molecule has 0 saturated heterocycles. The third-order valence-corrected chi connectivity index (χ3v) is 4.56. The monoisotopic (exact) mass is 358 g/mol. The number of hydrogen-bond donors (Lipinski definition) is 2. The molecule has 2 N–H and O–H groups in total. The van der Waals surface area contributed by atoms with E-state index >= 15 is 0 Å². The van der Waals surface area contributed by atoms with Gasteiger partial charge in [-0.05, 0) is 53.4 Å². The number of carbonyl (C=O) groups excluding carboxylic acids is 1. The summed E-state index contributed by atoms with van der Waals surface area (Å²) in [6.07, 6.45) is 0. The van der Waals surface area contributed by atoms with E-state index in [9.17, 15) is 13.6 Å². The molecule has 2 aromatic carbocycles. The molecule has 25 heavy (non-hydrogen) atoms. The number of amides is 1. The van der Waals surface area contributed by atoms with Gasteiger partial charge in [-0.15, -0.1) is 11.3 Å². The minimum atomic E-state index is -0.356. The number of benzene rings is 2. The molecule has 128 valence electrons. The normalized spacial score (nSPS) is 11.9. The van der Waals surface area contributed by atoms with E-state index in [1.807, 2.05) is 17.5 Å². The van der Waals surface area contributed by atoms with Crippen molar-refractivity contribution in [2.24, 2.45) is 0 Å². The molecule has 1 amide bonds. The van der Waals surface area contributed by atoms with Crippen molar-refractivity contribution < 1.29 is 13.6 Å². The van der Waals surface area contributed by atoms with Crippen LogP contribution in [0.5, 0.6) is 0 Å². The maximum absolute atomic E-state index is 13.2. The van der Waals surface area contributed by atoms with E-state index in [0.717, 1.165) is 10.4 Å². The van der Waals surface area contributed by atoms with Gasteiger partial charge in [-0.1, -0.05) is 18.2 Å². The standard InChI is InChI=1S/C19H16F2N2OS/c20-14-5-3-13(4-6-14)19(17-2-1-11-25-17)22-12-18(24)23-16-9-7-15(21)8-10-16/h1-11,19,22H,12H2,(H,23,24). The molecule has 3 nitrogen and oxygen atoms in total. The van der Waals surface area contributed by atoms with Crippen LogP contribution in [0.2, 0.25) is 0 Å². The lowest BCUT2D eigenvalue weighted by atomic mass is 10.1. The van der Waals surface area contributed by atoms with E-state index in [1.165, 1.54) is 36.4 Å². The van der Waals surface area contributed by atoms with Crippen molar-refractivity contribution >= 4 is 22.9 Å². The molecule has 3 aromatic rings. The van der Waals surface area contributed by atoms with Crippen LogP contribution in [0.4, 0.5) is 14.5 Å². The van der Waals surface area contributed by atoms with Gasteiger partial charge in [-0.2, -0.15) is 0 Å². The Balaban J connectivity index is 1.67. The van der Waals surface area contributed by atoms with Crippen LogP contribution in [0.1, 0.15) is 16.5 Å². The molecule has 0 saturated carbocycles. The molecule has 0 radical (unpaired) electrons. The van der Waals surface area contributed by atoms with Gasteiger partial charge in [0.2, 0.25) is 5.91 Å². The van der Waals surface area contributed by atoms with Crippen LogP contribution in [0.25, 0.3) is 0 Å². The molecule has 6 heteroatoms. The van der Waals surface area contributed by atoms with Crippen LogP contribution in [0, 0.1) is 11.6 Å². The number of anilines is 1. The van der Waals surface area contributed by atoms with Gasteiger partial charge in [-0.3, -0.25) is 10.1 Å². The van der Waals surface area contributed by atoms with Crippen LogP contribution < -0.4 is 10.6 Å². The Labute approximate surface area is 148 Å². The molecular weight excluding hydrogens is 342 g/mol. The Morgan fingerprint density at radius 2 is 1.60 bits per heavy atom. The highest BCUT2D eigenvalue weighted by Gasteiger charge is 2.16. The van der Waals surface area contributed by atoms with Gasteiger partial charge in [0.05, 0.1) is 12.6 Å². The molecule has 0 spiro atoms. The maximum atomic E-state index is 13.2. The zero-order chi connectivity index (χ0) is 17.6. The topological polar surface area (TPSA) is 41.1 Å². The largest absolute Gasteiger partial charge is 0.325 e. The van der Waals surface area contributed by atoms with Crippen LogP contribution >= 0.6 is 11.3 Å². The number of halogens is 2. The van der Waals surface area contributed by atoms with Crippen LogP contribution in [-0.2, 0) is 4.79 Å². The van der Waals surface area contributed by atoms with Crippen molar-refractivity contribution in [2.75, 3.05) is 11.9 Å². The number of carbonyl (C=O) groups is 1. The van der Waals surface area contributed by atoms with Crippen LogP contribution in [-0.4, -0.2) is 12.5 Å². The van der Waals surface area contributed by atoms with Crippen molar-refractivity contribution in [1.29, 1.82) is 0 Å². The number of hydrogen-bond acceptors (Lipinski definition) is 3. The quantitative estimate of drug-likeness (QED) is 0.688. The number of thiophene rings is 1. The third kappa shape index (κ3) is 4.71. The molecule has 1 atom stereocenters. The smallest absolute Gasteiger partial charge is 0.238 e. The van der Waals surface area contributed by atoms with E-state index in [2.05, 4.69) is 10.6 Å². The average molecular weight is 358 g/mol. The summed E-state index contributed by atoms with van der Waals surface area (Å²) in [6.45, 7) is 0.0668. The Kier molecular flexibility index (Phi) is 5.53. The first-order valence-electron chi connectivity index (χ1n) is 7.69. The molecule has 3 rings (SSSR count). The summed E-state index contributed by atoms with van der Waals surface area (Å²) >= 11 is 1.56. The Bertz CT molecular complexity index is 818. The minimum absolute atomic E-state index is 0.0668. The van der Waals surface area contributed by atoms with E-state index in [1.54, 1.807) is 23.5 Å². The Morgan fingerprint density at radius 3 is 2.20 bits per heavy atom. The molecule has 0 aliphatic rings. The Hall–Kier alpha value is -2.57. The Morgan fingerprint density at radius 1 is 0.960 bits per heavy atom. The van der Waals surface area contributed by atoms with Crippen molar-refractivity contribution in [1.82, 2.24) is 5.32 Å². The maximum Gasteiger partial charge on any atom is 0.238 e. The fourth-order valence-corrected chi connectivity index (χ4v) is 3.25. The summed E-state index contributed by atoms with van der Waals surface area (Å²) in [5.41, 5.74) is 1.40. The van der Waals surface area contributed by atoms with Crippen molar-refractivity contribution in [3.63, 3.8) is 0 Å². The lowest BCUT2D eigenvalue weighted by Gasteiger charge is -2.18. The van der Waals surface area contributed by atoms with Crippen LogP contribution in [0.15, 0.2) is 66.0 Å². The second kappa shape index (κ2) is 8.00. The van der Waals surface area contributed by atoms with Crippen molar-refractivity contribution in [3.8, 4) is 0 Å². The highest BCUT2D eigenvalue weighted by Crippen LogP contribution is 2.26. The number of nitrogens with one attached hydrogen (secondary N) is 2. The number of rotatable bonds is 6. The van der Waals surface area contributed by atoms with E-state index in [4.69, 9.17) is 0 Å². The van der Waals surface area contributed by atoms with E-state index < -0.39 is 0 Å². The summed E-state index contributed by atoms with van der Waals surface area (Å²) in [6, 6.07) is 15.5. The zero-order valence-electron chi connectivity index (χ0n) is 13.2. The first kappa shape index (κ1) is 17.3. The van der Waals surface area contributed by atoms with Gasteiger partial charge < -0.3 is 5.32 Å². The van der Waals surface area contributed by atoms with E-state index in [0.29, 0.717) is 5.69 Å². The molecule has 0 bridgehead atoms. The fraction of sp³-hybridized carbons (Fsp3) is 0.105. The molecule has 1 unspecified atom stereocenters. The highest BCUT2D eigenvalue weighted by atomic mass is 32.1. The first-order valence-corrected chi connectivity index (χ1v) is 8.57. The molecule has 1 aromatic heterocycles. The SMILES string of the molecule is O=C(CNC(c1ccc(F)cc1)c1cccs1)Nc1ccc(F)cc1. The predicted molar refractivity (Wildman–Crippen MR) is 95.6 cm³/mol. The van der Waals surface area contributed by atoms with Gasteiger partial charge >= 0.3 is 0 Å². The van der Waals surface area contributed by atoms with Crippen LogP contribution in [0.3, 0.4) is 0 Å². The zero-order valence-corrected chi connectivity index (χ0v) is 14.0. The summed E-state index contributed by atoms with van der Waals surface area (Å²) in [5, 5.41) is 7.85. The lowest BCUT2D eigenvalue weighted by molar-refractivity contribution is -0.115. The minimum Gasteiger partial charge on any atom is -0.325 e. The van der Waals surface area contributed by atoms with Gasteiger partial charge in [0.25, 0.3) is 0 Å². The van der Waals surface area contributed by atoms with Crippen molar-refractivity contribution in [2.45, 2.75) is 6.04 Å². The predicted octanol–water partition coefficient (Wildman–Crippen LogP) is 4.34. The lowest BCUT2D eigenvalue weighted by Crippen LogP contribution is -2.31. The van der Waals surface area contributed by atoms with E-state index in [-0.39, 0.29) is 30.1 Å². The summed E-state index contributed by atoms with van der Waals surface area (Å²) in [7, 11) is 0. The van der Waals surface area contributed by atoms with Crippen molar-refractivity contribution in [3.05, 3.63) is 88.1 Å². The van der Waals surface area contributed by atoms with Gasteiger partial charge in [-0.25, -0.2) is 8.78 Å². The molecule has 1 heterocycles. The first-order chi connectivity index (χ1) is 12.1. The average Bonchev–Trinajstić information content (AvgIpc) is 3.13. The summed E-state index contributed by atoms with van der Waals surface area (Å²) < 4.78 is 26.1. The summed E-state index contributed by atoms with van der Waals surface area (Å²) in [5.74, 6) is -0.900. The van der Waals surface area contributed by atoms with Gasteiger partial charge in [0.15, 0.2) is 0 Å². The molecule has 0 fully saturated rings. The second-order valence-corrected chi connectivity index (χ2v) is 6.42.